The van der Waals surface area contributed by atoms with Gasteiger partial charge in [0.25, 0.3) is 0 Å². The Kier molecular flexibility index (Phi) is 4.34. The van der Waals surface area contributed by atoms with Crippen molar-refractivity contribution in [2.24, 2.45) is 10.9 Å². The molecule has 2 N–H and O–H groups in total. The first-order valence-electron chi connectivity index (χ1n) is 6.17. The number of carbonyl (C=O) groups excluding carboxylic acids is 1. The van der Waals surface area contributed by atoms with Crippen LogP contribution in [0.3, 0.4) is 0 Å². The molecule has 0 atom stereocenters. The maximum atomic E-state index is 12.5. The monoisotopic (exact) mass is 328 g/mol. The first kappa shape index (κ1) is 16.5. The number of amides is 1. The van der Waals surface area contributed by atoms with Gasteiger partial charge in [0.15, 0.2) is 0 Å². The van der Waals surface area contributed by atoms with Crippen molar-refractivity contribution in [3.05, 3.63) is 35.2 Å². The molecule has 122 valence electrons. The molecule has 0 unspecified atom stereocenters. The van der Waals surface area contributed by atoms with Crippen LogP contribution >= 0.6 is 0 Å². The van der Waals surface area contributed by atoms with Crippen LogP contribution in [0.4, 0.5) is 13.2 Å². The van der Waals surface area contributed by atoms with Gasteiger partial charge in [0.2, 0.25) is 11.7 Å². The quantitative estimate of drug-likeness (QED) is 0.684. The number of hydrogen-bond donors (Lipinski definition) is 1. The van der Waals surface area contributed by atoms with Crippen LogP contribution in [0.15, 0.2) is 27.9 Å². The van der Waals surface area contributed by atoms with Crippen molar-refractivity contribution in [1.82, 2.24) is 10.1 Å². The summed E-state index contributed by atoms with van der Waals surface area (Å²) in [6, 6.07) is 4.07. The van der Waals surface area contributed by atoms with Crippen molar-refractivity contribution in [2.45, 2.75) is 13.1 Å². The number of nitrogens with two attached hydrogens (primary N) is 1. The average molecular weight is 328 g/mol. The van der Waals surface area contributed by atoms with Gasteiger partial charge < -0.3 is 15.1 Å². The minimum atomic E-state index is -4.74. The lowest BCUT2D eigenvalue weighted by molar-refractivity contribution is -0.159. The molecule has 1 amide bonds. The van der Waals surface area contributed by atoms with Crippen molar-refractivity contribution in [1.29, 1.82) is 0 Å². The Labute approximate surface area is 127 Å². The number of primary amides is 1. The van der Waals surface area contributed by atoms with E-state index >= 15 is 0 Å². The summed E-state index contributed by atoms with van der Waals surface area (Å²) in [6.07, 6.45) is -4.74. The fraction of sp³-hybridized carbons (Fsp3) is 0.231. The number of carbonyl (C=O) groups is 1. The summed E-state index contributed by atoms with van der Waals surface area (Å²) in [5.74, 6) is -2.46. The molecule has 7 nitrogen and oxygen atoms in total. The Morgan fingerprint density at radius 3 is 2.57 bits per heavy atom. The van der Waals surface area contributed by atoms with Crippen LogP contribution in [0.2, 0.25) is 0 Å². The number of aromatic nitrogens is 2. The molecule has 0 aliphatic carbocycles. The predicted molar refractivity (Wildman–Crippen MR) is 72.5 cm³/mol. The summed E-state index contributed by atoms with van der Waals surface area (Å²) in [5.41, 5.74) is 6.20. The van der Waals surface area contributed by atoms with E-state index in [0.29, 0.717) is 5.71 Å². The number of nitrogens with zero attached hydrogens (tertiary/aromatic N) is 3. The number of benzene rings is 1. The van der Waals surface area contributed by atoms with E-state index in [1.807, 2.05) is 0 Å². The molecule has 0 aliphatic heterocycles. The Morgan fingerprint density at radius 1 is 1.35 bits per heavy atom. The highest BCUT2D eigenvalue weighted by Crippen LogP contribution is 2.30. The first-order valence-corrected chi connectivity index (χ1v) is 6.17. The van der Waals surface area contributed by atoms with Crippen molar-refractivity contribution < 1.29 is 27.3 Å². The summed E-state index contributed by atoms with van der Waals surface area (Å²) in [4.78, 5) is 19.3. The molecule has 0 spiro atoms. The Balaban J connectivity index is 2.53. The zero-order valence-electron chi connectivity index (χ0n) is 12.0. The van der Waals surface area contributed by atoms with E-state index in [1.54, 1.807) is 6.92 Å². The van der Waals surface area contributed by atoms with Crippen LogP contribution in [0, 0.1) is 0 Å². The summed E-state index contributed by atoms with van der Waals surface area (Å²) >= 11 is 0. The van der Waals surface area contributed by atoms with Gasteiger partial charge in [-0.25, -0.2) is 0 Å². The van der Waals surface area contributed by atoms with E-state index in [-0.39, 0.29) is 22.5 Å². The van der Waals surface area contributed by atoms with E-state index in [0.717, 1.165) is 0 Å². The third kappa shape index (κ3) is 3.47. The predicted octanol–water partition coefficient (Wildman–Crippen LogP) is 2.22. The van der Waals surface area contributed by atoms with Crippen LogP contribution in [-0.2, 0) is 11.0 Å². The SMILES string of the molecule is CO/N=C(\C)c1cc(-c2noc(C(F)(F)F)n2)ccc1C(N)=O. The summed E-state index contributed by atoms with van der Waals surface area (Å²) in [5, 5.41) is 6.96. The minimum Gasteiger partial charge on any atom is -0.399 e. The molecular weight excluding hydrogens is 317 g/mol. The summed E-state index contributed by atoms with van der Waals surface area (Å²) < 4.78 is 41.7. The van der Waals surface area contributed by atoms with Gasteiger partial charge in [-0.1, -0.05) is 16.4 Å². The van der Waals surface area contributed by atoms with E-state index in [9.17, 15) is 18.0 Å². The first-order chi connectivity index (χ1) is 10.7. The van der Waals surface area contributed by atoms with Crippen LogP contribution in [-0.4, -0.2) is 28.9 Å². The average Bonchev–Trinajstić information content (AvgIpc) is 2.96. The number of halogens is 3. The molecule has 1 aromatic carbocycles. The third-order valence-electron chi connectivity index (χ3n) is 2.83. The summed E-state index contributed by atoms with van der Waals surface area (Å²) in [6.45, 7) is 1.55. The normalized spacial score (nSPS) is 12.3. The minimum absolute atomic E-state index is 0.131. The number of alkyl halides is 3. The van der Waals surface area contributed by atoms with Crippen molar-refractivity contribution in [3.63, 3.8) is 0 Å². The number of hydrogen-bond acceptors (Lipinski definition) is 6. The molecule has 23 heavy (non-hydrogen) atoms. The lowest BCUT2D eigenvalue weighted by Gasteiger charge is -2.07. The van der Waals surface area contributed by atoms with Crippen LogP contribution in [0.1, 0.15) is 28.7 Å². The van der Waals surface area contributed by atoms with Gasteiger partial charge >= 0.3 is 12.1 Å². The Hall–Kier alpha value is -2.91. The Bertz CT molecular complexity index is 768. The molecule has 0 aliphatic rings. The van der Waals surface area contributed by atoms with E-state index in [1.165, 1.54) is 25.3 Å². The standard InChI is InChI=1S/C13H11F3N4O3/c1-6(19-22-2)9-5-7(3-4-8(9)10(17)21)11-18-12(23-20-11)13(14,15)16/h3-5H,1-2H3,(H2,17,21)/b19-6+. The zero-order chi connectivity index (χ0) is 17.2. The van der Waals surface area contributed by atoms with Gasteiger partial charge in [-0.2, -0.15) is 18.2 Å². The number of oxime groups is 1. The second-order valence-corrected chi connectivity index (χ2v) is 4.40. The van der Waals surface area contributed by atoms with Gasteiger partial charge in [0, 0.05) is 16.7 Å². The van der Waals surface area contributed by atoms with Crippen LogP contribution < -0.4 is 5.73 Å². The fourth-order valence-corrected chi connectivity index (χ4v) is 1.84. The Morgan fingerprint density at radius 2 is 2.04 bits per heavy atom. The highest BCUT2D eigenvalue weighted by Gasteiger charge is 2.38. The summed E-state index contributed by atoms with van der Waals surface area (Å²) in [7, 11) is 1.31. The zero-order valence-corrected chi connectivity index (χ0v) is 12.0. The van der Waals surface area contributed by atoms with Gasteiger partial charge in [-0.15, -0.1) is 0 Å². The van der Waals surface area contributed by atoms with Gasteiger partial charge in [-0.05, 0) is 19.1 Å². The molecule has 0 saturated carbocycles. The second-order valence-electron chi connectivity index (χ2n) is 4.40. The lowest BCUT2D eigenvalue weighted by Crippen LogP contribution is -2.16. The highest BCUT2D eigenvalue weighted by atomic mass is 19.4. The lowest BCUT2D eigenvalue weighted by atomic mass is 10.00. The molecule has 10 heteroatoms. The van der Waals surface area contributed by atoms with E-state index < -0.39 is 18.0 Å². The fourth-order valence-electron chi connectivity index (χ4n) is 1.84. The maximum Gasteiger partial charge on any atom is 0.471 e. The van der Waals surface area contributed by atoms with Gasteiger partial charge in [0.1, 0.15) is 7.11 Å². The van der Waals surface area contributed by atoms with E-state index in [2.05, 4.69) is 24.7 Å². The highest BCUT2D eigenvalue weighted by molar-refractivity contribution is 6.09. The van der Waals surface area contributed by atoms with Gasteiger partial charge in [0.05, 0.1) is 5.71 Å². The van der Waals surface area contributed by atoms with Crippen LogP contribution in [0.25, 0.3) is 11.4 Å². The van der Waals surface area contributed by atoms with Crippen LogP contribution in [0.5, 0.6) is 0 Å². The molecule has 2 aromatic rings. The largest absolute Gasteiger partial charge is 0.471 e. The second kappa shape index (κ2) is 6.07. The molecule has 2 rings (SSSR count). The van der Waals surface area contributed by atoms with Crippen molar-refractivity contribution in [3.8, 4) is 11.4 Å². The van der Waals surface area contributed by atoms with Crippen molar-refractivity contribution >= 4 is 11.6 Å². The molecule has 0 radical (unpaired) electrons. The number of rotatable bonds is 4. The topological polar surface area (TPSA) is 104 Å². The molecule has 0 saturated heterocycles. The van der Waals surface area contributed by atoms with Crippen molar-refractivity contribution in [2.75, 3.05) is 7.11 Å². The molecule has 1 heterocycles. The molecular formula is C13H11F3N4O3. The molecule has 0 fully saturated rings. The third-order valence-corrected chi connectivity index (χ3v) is 2.83. The van der Waals surface area contributed by atoms with E-state index in [4.69, 9.17) is 5.73 Å². The van der Waals surface area contributed by atoms with Gasteiger partial charge in [-0.3, -0.25) is 4.79 Å². The smallest absolute Gasteiger partial charge is 0.399 e. The maximum absolute atomic E-state index is 12.5. The molecule has 1 aromatic heterocycles. The molecule has 0 bridgehead atoms.